The molecule has 0 aliphatic carbocycles. The second kappa shape index (κ2) is 9.78. The van der Waals surface area contributed by atoms with Crippen LogP contribution in [0.5, 0.6) is 5.75 Å². The van der Waals surface area contributed by atoms with Crippen LogP contribution in [-0.2, 0) is 0 Å². The van der Waals surface area contributed by atoms with Crippen LogP contribution < -0.4 is 10.5 Å². The number of unbranched alkanes of at least 4 members (excludes halogenated alkanes) is 2. The Morgan fingerprint density at radius 2 is 1.80 bits per heavy atom. The Labute approximate surface area is 124 Å². The van der Waals surface area contributed by atoms with Gasteiger partial charge in [-0.3, -0.25) is 0 Å². The first-order valence-corrected chi connectivity index (χ1v) is 7.84. The molecule has 20 heavy (non-hydrogen) atoms. The maximum Gasteiger partial charge on any atom is 0.119 e. The molecular weight excluding hydrogens is 248 g/mol. The predicted molar refractivity (Wildman–Crippen MR) is 86.2 cm³/mol. The predicted octanol–water partition coefficient (Wildman–Crippen LogP) is 3.60. The highest BCUT2D eigenvalue weighted by atomic mass is 16.5. The lowest BCUT2D eigenvalue weighted by molar-refractivity contribution is 0.304. The van der Waals surface area contributed by atoms with Gasteiger partial charge in [0.05, 0.1) is 6.61 Å². The van der Waals surface area contributed by atoms with Gasteiger partial charge >= 0.3 is 0 Å². The highest BCUT2D eigenvalue weighted by molar-refractivity contribution is 5.29. The first-order valence-electron chi connectivity index (χ1n) is 7.84. The van der Waals surface area contributed by atoms with Gasteiger partial charge in [-0.15, -0.1) is 0 Å². The smallest absolute Gasteiger partial charge is 0.119 e. The molecule has 1 unspecified atom stereocenters. The summed E-state index contributed by atoms with van der Waals surface area (Å²) in [6, 6.07) is 8.26. The lowest BCUT2D eigenvalue weighted by Gasteiger charge is -2.21. The molecule has 1 atom stereocenters. The Morgan fingerprint density at radius 3 is 2.40 bits per heavy atom. The molecule has 0 aromatic heterocycles. The molecule has 1 aromatic carbocycles. The van der Waals surface area contributed by atoms with Crippen molar-refractivity contribution in [3.05, 3.63) is 29.8 Å². The number of likely N-dealkylation sites (N-methyl/N-ethyl adjacent to an activating group) is 1. The summed E-state index contributed by atoms with van der Waals surface area (Å²) in [6.45, 7) is 7.14. The molecule has 3 heteroatoms. The maximum absolute atomic E-state index is 6.27. The number of hydrogen-bond acceptors (Lipinski definition) is 3. The summed E-state index contributed by atoms with van der Waals surface area (Å²) < 4.78 is 5.59. The van der Waals surface area contributed by atoms with Gasteiger partial charge in [0, 0.05) is 12.6 Å². The minimum atomic E-state index is 0.0712. The molecule has 0 aliphatic heterocycles. The van der Waals surface area contributed by atoms with E-state index in [1.165, 1.54) is 24.8 Å². The monoisotopic (exact) mass is 278 g/mol. The van der Waals surface area contributed by atoms with Crippen molar-refractivity contribution in [2.24, 2.45) is 5.73 Å². The third-order valence-electron chi connectivity index (χ3n) is 3.43. The fourth-order valence-electron chi connectivity index (χ4n) is 2.20. The molecule has 0 saturated heterocycles. The summed E-state index contributed by atoms with van der Waals surface area (Å²) in [6.07, 6.45) is 4.84. The summed E-state index contributed by atoms with van der Waals surface area (Å²) in [5.74, 6) is 0.930. The third-order valence-corrected chi connectivity index (χ3v) is 3.43. The molecule has 3 nitrogen and oxygen atoms in total. The highest BCUT2D eigenvalue weighted by Crippen LogP contribution is 2.17. The molecule has 1 aromatic rings. The van der Waals surface area contributed by atoms with E-state index in [9.17, 15) is 0 Å². The number of benzene rings is 1. The van der Waals surface area contributed by atoms with Gasteiger partial charge in [0.1, 0.15) is 5.75 Å². The van der Waals surface area contributed by atoms with Gasteiger partial charge in [0.2, 0.25) is 0 Å². The minimum Gasteiger partial charge on any atom is -0.494 e. The van der Waals surface area contributed by atoms with Gasteiger partial charge in [-0.1, -0.05) is 38.8 Å². The van der Waals surface area contributed by atoms with Gasteiger partial charge in [-0.05, 0) is 44.1 Å². The fourth-order valence-corrected chi connectivity index (χ4v) is 2.20. The largest absolute Gasteiger partial charge is 0.494 e. The van der Waals surface area contributed by atoms with Crippen molar-refractivity contribution in [3.8, 4) is 5.75 Å². The first-order chi connectivity index (χ1) is 9.67. The molecule has 0 radical (unpaired) electrons. The molecule has 1 rings (SSSR count). The Bertz CT molecular complexity index is 351. The van der Waals surface area contributed by atoms with E-state index in [0.717, 1.165) is 31.9 Å². The number of rotatable bonds is 10. The van der Waals surface area contributed by atoms with Crippen LogP contribution in [0.4, 0.5) is 0 Å². The van der Waals surface area contributed by atoms with E-state index >= 15 is 0 Å². The number of nitrogens with two attached hydrogens (primary N) is 1. The molecular formula is C17H30N2O. The molecule has 114 valence electrons. The minimum absolute atomic E-state index is 0.0712. The molecule has 0 fully saturated rings. The van der Waals surface area contributed by atoms with E-state index < -0.39 is 0 Å². The van der Waals surface area contributed by atoms with Crippen LogP contribution in [-0.4, -0.2) is 31.6 Å². The SMILES string of the molecule is CCCCCN(C)CC(N)c1ccc(OCCC)cc1. The molecule has 0 aliphatic rings. The zero-order valence-electron chi connectivity index (χ0n) is 13.3. The highest BCUT2D eigenvalue weighted by Gasteiger charge is 2.09. The molecule has 0 spiro atoms. The molecule has 2 N–H and O–H groups in total. The van der Waals surface area contributed by atoms with E-state index in [-0.39, 0.29) is 6.04 Å². The molecule has 0 heterocycles. The van der Waals surface area contributed by atoms with Gasteiger partial charge in [-0.25, -0.2) is 0 Å². The summed E-state index contributed by atoms with van der Waals surface area (Å²) in [4.78, 5) is 2.32. The van der Waals surface area contributed by atoms with Crippen molar-refractivity contribution < 1.29 is 4.74 Å². The van der Waals surface area contributed by atoms with Gasteiger partial charge < -0.3 is 15.4 Å². The molecule has 0 saturated carbocycles. The number of ether oxygens (including phenoxy) is 1. The summed E-state index contributed by atoms with van der Waals surface area (Å²) in [5.41, 5.74) is 7.44. The van der Waals surface area contributed by atoms with Crippen molar-refractivity contribution in [2.75, 3.05) is 26.7 Å². The van der Waals surface area contributed by atoms with Crippen molar-refractivity contribution in [2.45, 2.75) is 45.6 Å². The topological polar surface area (TPSA) is 38.5 Å². The zero-order valence-corrected chi connectivity index (χ0v) is 13.3. The Morgan fingerprint density at radius 1 is 1.10 bits per heavy atom. The van der Waals surface area contributed by atoms with Crippen molar-refractivity contribution in [1.82, 2.24) is 4.90 Å². The van der Waals surface area contributed by atoms with Crippen LogP contribution in [0.1, 0.15) is 51.1 Å². The van der Waals surface area contributed by atoms with E-state index in [4.69, 9.17) is 10.5 Å². The summed E-state index contributed by atoms with van der Waals surface area (Å²) in [7, 11) is 2.15. The van der Waals surface area contributed by atoms with Crippen LogP contribution in [0.2, 0.25) is 0 Å². The van der Waals surface area contributed by atoms with Gasteiger partial charge in [0.15, 0.2) is 0 Å². The quantitative estimate of drug-likeness (QED) is 0.665. The van der Waals surface area contributed by atoms with Crippen molar-refractivity contribution >= 4 is 0 Å². The van der Waals surface area contributed by atoms with Crippen LogP contribution in [0.25, 0.3) is 0 Å². The van der Waals surface area contributed by atoms with Crippen LogP contribution in [0.15, 0.2) is 24.3 Å². The third kappa shape index (κ3) is 6.40. The average molecular weight is 278 g/mol. The summed E-state index contributed by atoms with van der Waals surface area (Å²) in [5, 5.41) is 0. The Balaban J connectivity index is 2.40. The lowest BCUT2D eigenvalue weighted by atomic mass is 10.1. The first kappa shape index (κ1) is 17.0. The Kier molecular flexibility index (Phi) is 8.31. The standard InChI is InChI=1S/C17H30N2O/c1-4-6-7-12-19(3)14-17(18)15-8-10-16(11-9-15)20-13-5-2/h8-11,17H,4-7,12-14,18H2,1-3H3. The van der Waals surface area contributed by atoms with E-state index in [1.54, 1.807) is 0 Å². The lowest BCUT2D eigenvalue weighted by Crippen LogP contribution is -2.29. The zero-order chi connectivity index (χ0) is 14.8. The summed E-state index contributed by atoms with van der Waals surface area (Å²) >= 11 is 0. The normalized spacial score (nSPS) is 12.7. The van der Waals surface area contributed by atoms with Crippen LogP contribution >= 0.6 is 0 Å². The number of nitrogens with zero attached hydrogens (tertiary/aromatic N) is 1. The van der Waals surface area contributed by atoms with Crippen molar-refractivity contribution in [1.29, 1.82) is 0 Å². The van der Waals surface area contributed by atoms with Crippen LogP contribution in [0, 0.1) is 0 Å². The average Bonchev–Trinajstić information content (AvgIpc) is 2.46. The van der Waals surface area contributed by atoms with E-state index in [0.29, 0.717) is 0 Å². The van der Waals surface area contributed by atoms with Gasteiger partial charge in [-0.2, -0.15) is 0 Å². The Hall–Kier alpha value is -1.06. The number of hydrogen-bond donors (Lipinski definition) is 1. The van der Waals surface area contributed by atoms with E-state index in [2.05, 4.69) is 37.9 Å². The molecule has 0 amide bonds. The van der Waals surface area contributed by atoms with Crippen molar-refractivity contribution in [3.63, 3.8) is 0 Å². The van der Waals surface area contributed by atoms with Gasteiger partial charge in [0.25, 0.3) is 0 Å². The van der Waals surface area contributed by atoms with Crippen LogP contribution in [0.3, 0.4) is 0 Å². The second-order valence-corrected chi connectivity index (χ2v) is 5.49. The molecule has 0 bridgehead atoms. The fraction of sp³-hybridized carbons (Fsp3) is 0.647. The van der Waals surface area contributed by atoms with E-state index in [1.807, 2.05) is 12.1 Å². The second-order valence-electron chi connectivity index (χ2n) is 5.49. The maximum atomic E-state index is 6.27.